The number of anilines is 1. The Morgan fingerprint density at radius 1 is 1.09 bits per heavy atom. The topological polar surface area (TPSA) is 49.3 Å². The third kappa shape index (κ3) is 4.72. The van der Waals surface area contributed by atoms with E-state index in [0.29, 0.717) is 16.8 Å². The molecule has 0 aliphatic heterocycles. The van der Waals surface area contributed by atoms with E-state index in [4.69, 9.17) is 0 Å². The lowest BCUT2D eigenvalue weighted by molar-refractivity contribution is 0.102. The van der Waals surface area contributed by atoms with Crippen molar-refractivity contribution in [2.45, 2.75) is 19.4 Å². The summed E-state index contributed by atoms with van der Waals surface area (Å²) in [6.45, 7) is 3.20. The van der Waals surface area contributed by atoms with Gasteiger partial charge in [0.1, 0.15) is 11.4 Å². The standard InChI is InChI=1S/C18H16FNO2/c1-18(2,22)12-11-13-3-5-14(6-4-13)17(21)20-16-9-7-15(19)8-10-16/h3-10,22H,1-2H3,(H,20,21). The Labute approximate surface area is 128 Å². The van der Waals surface area contributed by atoms with Gasteiger partial charge >= 0.3 is 0 Å². The Balaban J connectivity index is 2.07. The van der Waals surface area contributed by atoms with E-state index < -0.39 is 5.60 Å². The Hall–Kier alpha value is -2.64. The van der Waals surface area contributed by atoms with Crippen LogP contribution in [-0.4, -0.2) is 16.6 Å². The van der Waals surface area contributed by atoms with E-state index in [2.05, 4.69) is 17.2 Å². The highest BCUT2D eigenvalue weighted by atomic mass is 19.1. The van der Waals surface area contributed by atoms with Crippen LogP contribution in [0.15, 0.2) is 48.5 Å². The molecule has 3 nitrogen and oxygen atoms in total. The Morgan fingerprint density at radius 2 is 1.68 bits per heavy atom. The van der Waals surface area contributed by atoms with Gasteiger partial charge in [0, 0.05) is 16.8 Å². The summed E-state index contributed by atoms with van der Waals surface area (Å²) < 4.78 is 12.8. The van der Waals surface area contributed by atoms with Crippen molar-refractivity contribution in [2.75, 3.05) is 5.32 Å². The fourth-order valence-corrected chi connectivity index (χ4v) is 1.67. The molecule has 22 heavy (non-hydrogen) atoms. The molecule has 0 heterocycles. The quantitative estimate of drug-likeness (QED) is 0.836. The SMILES string of the molecule is CC(C)(O)C#Cc1ccc(C(=O)Nc2ccc(F)cc2)cc1. The minimum Gasteiger partial charge on any atom is -0.378 e. The van der Waals surface area contributed by atoms with Crippen LogP contribution in [0.4, 0.5) is 10.1 Å². The van der Waals surface area contributed by atoms with Crippen molar-refractivity contribution in [3.63, 3.8) is 0 Å². The highest BCUT2D eigenvalue weighted by Crippen LogP contribution is 2.11. The lowest BCUT2D eigenvalue weighted by Crippen LogP contribution is -2.14. The van der Waals surface area contributed by atoms with Crippen molar-refractivity contribution in [2.24, 2.45) is 0 Å². The van der Waals surface area contributed by atoms with Crippen LogP contribution in [0.5, 0.6) is 0 Å². The van der Waals surface area contributed by atoms with Gasteiger partial charge in [-0.2, -0.15) is 0 Å². The zero-order valence-electron chi connectivity index (χ0n) is 12.4. The molecule has 0 radical (unpaired) electrons. The van der Waals surface area contributed by atoms with E-state index in [9.17, 15) is 14.3 Å². The molecular weight excluding hydrogens is 281 g/mol. The highest BCUT2D eigenvalue weighted by molar-refractivity contribution is 6.04. The summed E-state index contributed by atoms with van der Waals surface area (Å²) in [5.74, 6) is 4.90. The maximum absolute atomic E-state index is 12.8. The predicted molar refractivity (Wildman–Crippen MR) is 84.0 cm³/mol. The number of benzene rings is 2. The fourth-order valence-electron chi connectivity index (χ4n) is 1.67. The molecule has 112 valence electrons. The molecule has 0 atom stereocenters. The van der Waals surface area contributed by atoms with Gasteiger partial charge in [-0.3, -0.25) is 4.79 Å². The molecule has 0 saturated heterocycles. The van der Waals surface area contributed by atoms with Crippen molar-refractivity contribution in [3.05, 3.63) is 65.5 Å². The monoisotopic (exact) mass is 297 g/mol. The number of carbonyl (C=O) groups excluding carboxylic acids is 1. The number of carbonyl (C=O) groups is 1. The largest absolute Gasteiger partial charge is 0.378 e. The summed E-state index contributed by atoms with van der Waals surface area (Å²) >= 11 is 0. The molecule has 4 heteroatoms. The third-order valence-electron chi connectivity index (χ3n) is 2.76. The zero-order chi connectivity index (χ0) is 16.2. The van der Waals surface area contributed by atoms with Crippen molar-refractivity contribution in [3.8, 4) is 11.8 Å². The van der Waals surface area contributed by atoms with Gasteiger partial charge in [-0.25, -0.2) is 4.39 Å². The van der Waals surface area contributed by atoms with Crippen molar-refractivity contribution in [1.29, 1.82) is 0 Å². The van der Waals surface area contributed by atoms with Gasteiger partial charge in [0.25, 0.3) is 5.91 Å². The molecule has 2 aromatic rings. The van der Waals surface area contributed by atoms with Gasteiger partial charge in [-0.1, -0.05) is 11.8 Å². The molecule has 1 amide bonds. The number of rotatable bonds is 2. The summed E-state index contributed by atoms with van der Waals surface area (Å²) in [6.07, 6.45) is 0. The lowest BCUT2D eigenvalue weighted by atomic mass is 10.1. The van der Waals surface area contributed by atoms with E-state index in [1.54, 1.807) is 38.1 Å². The highest BCUT2D eigenvalue weighted by Gasteiger charge is 2.07. The van der Waals surface area contributed by atoms with Gasteiger partial charge in [0.2, 0.25) is 0 Å². The third-order valence-corrected chi connectivity index (χ3v) is 2.76. The number of hydrogen-bond acceptors (Lipinski definition) is 2. The second kappa shape index (κ2) is 6.42. The van der Waals surface area contributed by atoms with Crippen LogP contribution in [-0.2, 0) is 0 Å². The van der Waals surface area contributed by atoms with E-state index in [0.717, 1.165) is 0 Å². The number of aliphatic hydroxyl groups is 1. The summed E-state index contributed by atoms with van der Waals surface area (Å²) in [5.41, 5.74) is 0.648. The number of halogens is 1. The van der Waals surface area contributed by atoms with Crippen LogP contribution < -0.4 is 5.32 Å². The fraction of sp³-hybridized carbons (Fsp3) is 0.167. The summed E-state index contributed by atoms with van der Waals surface area (Å²) in [5, 5.41) is 12.2. The molecule has 0 bridgehead atoms. The molecule has 2 aromatic carbocycles. The smallest absolute Gasteiger partial charge is 0.255 e. The lowest BCUT2D eigenvalue weighted by Gasteiger charge is -2.06. The van der Waals surface area contributed by atoms with E-state index in [-0.39, 0.29) is 11.7 Å². The molecule has 0 aliphatic rings. The van der Waals surface area contributed by atoms with E-state index >= 15 is 0 Å². The van der Waals surface area contributed by atoms with Gasteiger partial charge in [-0.15, -0.1) is 0 Å². The molecule has 0 aromatic heterocycles. The maximum Gasteiger partial charge on any atom is 0.255 e. The number of amides is 1. The van der Waals surface area contributed by atoms with Crippen LogP contribution in [0.25, 0.3) is 0 Å². The Morgan fingerprint density at radius 3 is 2.23 bits per heavy atom. The average molecular weight is 297 g/mol. The Bertz CT molecular complexity index is 717. The molecule has 0 unspecified atom stereocenters. The molecule has 2 N–H and O–H groups in total. The van der Waals surface area contributed by atoms with Gasteiger partial charge in [0.15, 0.2) is 0 Å². The summed E-state index contributed by atoms with van der Waals surface area (Å²) in [4.78, 5) is 12.0. The molecular formula is C18H16FNO2. The van der Waals surface area contributed by atoms with Crippen LogP contribution in [0, 0.1) is 17.7 Å². The van der Waals surface area contributed by atoms with Crippen LogP contribution in [0.1, 0.15) is 29.8 Å². The summed E-state index contributed by atoms with van der Waals surface area (Å²) in [7, 11) is 0. The van der Waals surface area contributed by atoms with Crippen LogP contribution in [0.3, 0.4) is 0 Å². The van der Waals surface area contributed by atoms with Crippen LogP contribution >= 0.6 is 0 Å². The predicted octanol–water partition coefficient (Wildman–Crippen LogP) is 3.20. The molecule has 0 spiro atoms. The number of nitrogens with one attached hydrogen (secondary N) is 1. The first-order valence-corrected chi connectivity index (χ1v) is 6.76. The molecule has 2 rings (SSSR count). The first-order chi connectivity index (χ1) is 10.3. The first-order valence-electron chi connectivity index (χ1n) is 6.76. The van der Waals surface area contributed by atoms with Gasteiger partial charge in [-0.05, 0) is 62.4 Å². The normalized spacial score (nSPS) is 10.5. The minimum absolute atomic E-state index is 0.284. The first kappa shape index (κ1) is 15.7. The van der Waals surface area contributed by atoms with Gasteiger partial charge < -0.3 is 10.4 Å². The second-order valence-electron chi connectivity index (χ2n) is 5.35. The zero-order valence-corrected chi connectivity index (χ0v) is 12.4. The molecule has 0 saturated carbocycles. The Kier molecular flexibility index (Phi) is 4.59. The minimum atomic E-state index is -1.06. The second-order valence-corrected chi connectivity index (χ2v) is 5.35. The molecule has 0 aliphatic carbocycles. The number of hydrogen-bond donors (Lipinski definition) is 2. The van der Waals surface area contributed by atoms with E-state index in [1.807, 2.05) is 0 Å². The van der Waals surface area contributed by atoms with Crippen molar-refractivity contribution in [1.82, 2.24) is 0 Å². The van der Waals surface area contributed by atoms with E-state index in [1.165, 1.54) is 24.3 Å². The van der Waals surface area contributed by atoms with Crippen LogP contribution in [0.2, 0.25) is 0 Å². The van der Waals surface area contributed by atoms with Crippen molar-refractivity contribution >= 4 is 11.6 Å². The van der Waals surface area contributed by atoms with Gasteiger partial charge in [0.05, 0.1) is 0 Å². The maximum atomic E-state index is 12.8. The average Bonchev–Trinajstić information content (AvgIpc) is 2.47. The molecule has 0 fully saturated rings. The van der Waals surface area contributed by atoms with Crippen molar-refractivity contribution < 1.29 is 14.3 Å². The summed E-state index contributed by atoms with van der Waals surface area (Å²) in [6, 6.07) is 12.3.